The molecule has 0 aromatic heterocycles. The van der Waals surface area contributed by atoms with Gasteiger partial charge in [0, 0.05) is 0 Å². The summed E-state index contributed by atoms with van der Waals surface area (Å²) in [6.07, 6.45) is 2.83. The van der Waals surface area contributed by atoms with E-state index in [0.29, 0.717) is 32.0 Å². The first-order valence-electron chi connectivity index (χ1n) is 8.34. The molecule has 3 rings (SSSR count). The maximum atomic E-state index is 12.3. The van der Waals surface area contributed by atoms with Crippen LogP contribution in [0.25, 0.3) is 6.08 Å². The van der Waals surface area contributed by atoms with Crippen LogP contribution in [0.4, 0.5) is 0 Å². The molecule has 0 amide bonds. The number of benzene rings is 2. The highest BCUT2D eigenvalue weighted by Gasteiger charge is 2.34. The molecule has 0 atom stereocenters. The predicted octanol–water partition coefficient (Wildman–Crippen LogP) is 4.03. The zero-order valence-electron chi connectivity index (χ0n) is 14.0. The van der Waals surface area contributed by atoms with Crippen molar-refractivity contribution in [3.8, 4) is 0 Å². The number of hydrogen-bond acceptors (Lipinski definition) is 4. The predicted molar refractivity (Wildman–Crippen MR) is 97.4 cm³/mol. The summed E-state index contributed by atoms with van der Waals surface area (Å²) in [5.41, 5.74) is 2.01. The Bertz CT molecular complexity index is 791. The van der Waals surface area contributed by atoms with E-state index < -0.39 is 10.1 Å². The van der Waals surface area contributed by atoms with Crippen LogP contribution < -0.4 is 0 Å². The van der Waals surface area contributed by atoms with Gasteiger partial charge in [-0.1, -0.05) is 55.1 Å². The molecule has 2 aromatic carbocycles. The molecule has 4 nitrogen and oxygen atoms in total. The van der Waals surface area contributed by atoms with E-state index in [1.165, 1.54) is 0 Å². The Morgan fingerprint density at radius 1 is 1.04 bits per heavy atom. The Morgan fingerprint density at radius 3 is 2.36 bits per heavy atom. The third kappa shape index (κ3) is 4.78. The smallest absolute Gasteiger partial charge is 0.297 e. The summed E-state index contributed by atoms with van der Waals surface area (Å²) in [6.45, 7) is 4.86. The number of ether oxygens (including phenoxy) is 1. The lowest BCUT2D eigenvalue weighted by atomic mass is 9.83. The Balaban J connectivity index is 1.42. The first-order valence-corrected chi connectivity index (χ1v) is 9.75. The topological polar surface area (TPSA) is 52.6 Å². The van der Waals surface area contributed by atoms with Crippen molar-refractivity contribution in [1.29, 1.82) is 0 Å². The minimum Gasteiger partial charge on any atom is -0.376 e. The van der Waals surface area contributed by atoms with Gasteiger partial charge in [-0.2, -0.15) is 8.42 Å². The van der Waals surface area contributed by atoms with E-state index in [4.69, 9.17) is 8.92 Å². The average Bonchev–Trinajstić information content (AvgIpc) is 2.60. The van der Waals surface area contributed by atoms with Crippen molar-refractivity contribution < 1.29 is 17.3 Å². The molecule has 0 heterocycles. The van der Waals surface area contributed by atoms with Gasteiger partial charge in [0.1, 0.15) is 0 Å². The molecular formula is C20H22O4S. The van der Waals surface area contributed by atoms with E-state index in [9.17, 15) is 8.42 Å². The van der Waals surface area contributed by atoms with Crippen LogP contribution in [-0.2, 0) is 25.6 Å². The van der Waals surface area contributed by atoms with Crippen molar-refractivity contribution in [3.63, 3.8) is 0 Å². The lowest BCUT2D eigenvalue weighted by Gasteiger charge is -2.34. The van der Waals surface area contributed by atoms with Crippen LogP contribution in [0.3, 0.4) is 0 Å². The second kappa shape index (κ2) is 7.95. The van der Waals surface area contributed by atoms with Gasteiger partial charge in [-0.3, -0.25) is 4.18 Å². The number of rotatable bonds is 8. The lowest BCUT2D eigenvalue weighted by molar-refractivity contribution is 0.000184. The molecule has 2 aromatic rings. The van der Waals surface area contributed by atoms with Crippen LogP contribution in [0.1, 0.15) is 24.0 Å². The summed E-state index contributed by atoms with van der Waals surface area (Å²) in [6, 6.07) is 16.5. The summed E-state index contributed by atoms with van der Waals surface area (Å²) >= 11 is 0. The SMILES string of the molecule is C=Cc1ccc(S(=O)(=O)OC2CC(COCc3ccccc3)C2)cc1. The fraction of sp³-hybridized carbons (Fsp3) is 0.300. The Kier molecular flexibility index (Phi) is 5.68. The summed E-state index contributed by atoms with van der Waals surface area (Å²) in [7, 11) is -3.71. The van der Waals surface area contributed by atoms with Gasteiger partial charge in [-0.05, 0) is 42.0 Å². The molecular weight excluding hydrogens is 336 g/mol. The van der Waals surface area contributed by atoms with Gasteiger partial charge >= 0.3 is 0 Å². The summed E-state index contributed by atoms with van der Waals surface area (Å²) < 4.78 is 35.5. The first kappa shape index (κ1) is 17.9. The van der Waals surface area contributed by atoms with Crippen LogP contribution in [0.2, 0.25) is 0 Å². The molecule has 1 saturated carbocycles. The zero-order valence-corrected chi connectivity index (χ0v) is 14.8. The van der Waals surface area contributed by atoms with E-state index >= 15 is 0 Å². The van der Waals surface area contributed by atoms with Gasteiger partial charge in [0.2, 0.25) is 0 Å². The second-order valence-electron chi connectivity index (χ2n) is 6.28. The van der Waals surface area contributed by atoms with Crippen LogP contribution in [0.15, 0.2) is 66.1 Å². The molecule has 0 radical (unpaired) electrons. The fourth-order valence-corrected chi connectivity index (χ4v) is 3.91. The standard InChI is InChI=1S/C20H22O4S/c1-2-16-8-10-20(11-9-16)25(21,22)24-19-12-18(13-19)15-23-14-17-6-4-3-5-7-17/h2-11,18-19H,1,12-15H2. The molecule has 1 aliphatic carbocycles. The van der Waals surface area contributed by atoms with Crippen molar-refractivity contribution in [2.75, 3.05) is 6.61 Å². The van der Waals surface area contributed by atoms with E-state index in [0.717, 1.165) is 11.1 Å². The van der Waals surface area contributed by atoms with Crippen molar-refractivity contribution >= 4 is 16.2 Å². The first-order chi connectivity index (χ1) is 12.1. The summed E-state index contributed by atoms with van der Waals surface area (Å²) in [5, 5.41) is 0. The molecule has 0 unspecified atom stereocenters. The Hall–Kier alpha value is -1.95. The van der Waals surface area contributed by atoms with E-state index in [2.05, 4.69) is 6.58 Å². The zero-order chi connectivity index (χ0) is 17.7. The molecule has 0 spiro atoms. The van der Waals surface area contributed by atoms with E-state index in [1.54, 1.807) is 30.3 Å². The molecule has 1 aliphatic rings. The highest BCUT2D eigenvalue weighted by atomic mass is 32.2. The van der Waals surface area contributed by atoms with Crippen molar-refractivity contribution in [3.05, 3.63) is 72.3 Å². The van der Waals surface area contributed by atoms with Crippen LogP contribution >= 0.6 is 0 Å². The second-order valence-corrected chi connectivity index (χ2v) is 7.86. The highest BCUT2D eigenvalue weighted by molar-refractivity contribution is 7.86. The molecule has 132 valence electrons. The van der Waals surface area contributed by atoms with Crippen LogP contribution in [-0.4, -0.2) is 21.1 Å². The normalized spacial score (nSPS) is 20.0. The largest absolute Gasteiger partial charge is 0.376 e. The van der Waals surface area contributed by atoms with Crippen LogP contribution in [0.5, 0.6) is 0 Å². The molecule has 0 aliphatic heterocycles. The average molecular weight is 358 g/mol. The Labute approximate surface area is 149 Å². The quantitative estimate of drug-likeness (QED) is 0.669. The van der Waals surface area contributed by atoms with Crippen molar-refractivity contribution in [2.45, 2.75) is 30.4 Å². The maximum Gasteiger partial charge on any atom is 0.297 e. The molecule has 25 heavy (non-hydrogen) atoms. The lowest BCUT2D eigenvalue weighted by Crippen LogP contribution is -2.35. The maximum absolute atomic E-state index is 12.3. The van der Waals surface area contributed by atoms with Crippen molar-refractivity contribution in [1.82, 2.24) is 0 Å². The Morgan fingerprint density at radius 2 is 1.72 bits per heavy atom. The van der Waals surface area contributed by atoms with Gasteiger partial charge < -0.3 is 4.74 Å². The highest BCUT2D eigenvalue weighted by Crippen LogP contribution is 2.33. The fourth-order valence-electron chi connectivity index (χ4n) is 2.81. The molecule has 0 bridgehead atoms. The monoisotopic (exact) mass is 358 g/mol. The van der Waals surface area contributed by atoms with Crippen molar-refractivity contribution in [2.24, 2.45) is 5.92 Å². The molecule has 0 saturated heterocycles. The van der Waals surface area contributed by atoms with E-state index in [1.807, 2.05) is 30.3 Å². The van der Waals surface area contributed by atoms with Gasteiger partial charge in [0.15, 0.2) is 0 Å². The van der Waals surface area contributed by atoms with Gasteiger partial charge in [0.05, 0.1) is 24.2 Å². The minimum absolute atomic E-state index is 0.182. The van der Waals surface area contributed by atoms with Gasteiger partial charge in [-0.25, -0.2) is 0 Å². The molecule has 5 heteroatoms. The summed E-state index contributed by atoms with van der Waals surface area (Å²) in [5.74, 6) is 0.354. The third-order valence-corrected chi connectivity index (χ3v) is 5.70. The summed E-state index contributed by atoms with van der Waals surface area (Å²) in [4.78, 5) is 0.182. The van der Waals surface area contributed by atoms with Crippen LogP contribution in [0, 0.1) is 5.92 Å². The molecule has 0 N–H and O–H groups in total. The van der Waals surface area contributed by atoms with E-state index in [-0.39, 0.29) is 11.0 Å². The third-order valence-electron chi connectivity index (χ3n) is 4.32. The minimum atomic E-state index is -3.71. The molecule has 1 fully saturated rings. The van der Waals surface area contributed by atoms with Gasteiger partial charge in [0.25, 0.3) is 10.1 Å². The van der Waals surface area contributed by atoms with Gasteiger partial charge in [-0.15, -0.1) is 0 Å². The number of hydrogen-bond donors (Lipinski definition) is 0.